The number of rotatable bonds is 1. The van der Waals surface area contributed by atoms with Crippen molar-refractivity contribution in [3.8, 4) is 0 Å². The van der Waals surface area contributed by atoms with Crippen LogP contribution in [0.5, 0.6) is 0 Å². The summed E-state index contributed by atoms with van der Waals surface area (Å²) in [5.41, 5.74) is -0.144. The van der Waals surface area contributed by atoms with Gasteiger partial charge in [0.25, 0.3) is 8.05 Å². The van der Waals surface area contributed by atoms with Gasteiger partial charge in [-0.2, -0.15) is 0 Å². The van der Waals surface area contributed by atoms with Crippen LogP contribution in [0.25, 0.3) is 0 Å². The van der Waals surface area contributed by atoms with Gasteiger partial charge in [-0.05, 0) is 19.3 Å². The van der Waals surface area contributed by atoms with Crippen molar-refractivity contribution in [2.45, 2.75) is 40.2 Å². The van der Waals surface area contributed by atoms with E-state index in [0.29, 0.717) is 0 Å². The predicted octanol–water partition coefficient (Wildman–Crippen LogP) is 1.91. The SMILES string of the molecule is [B]OC(C)(C)C(C)(C)C. The van der Waals surface area contributed by atoms with Gasteiger partial charge in [0.05, 0.1) is 0 Å². The molecule has 0 N–H and O–H groups in total. The highest BCUT2D eigenvalue weighted by Crippen LogP contribution is 2.31. The van der Waals surface area contributed by atoms with E-state index in [4.69, 9.17) is 12.7 Å². The first kappa shape index (κ1) is 9.02. The Balaban J connectivity index is 4.14. The molecule has 0 unspecified atom stereocenters. The van der Waals surface area contributed by atoms with Gasteiger partial charge in [-0.3, -0.25) is 0 Å². The molecule has 1 nitrogen and oxygen atoms in total. The van der Waals surface area contributed by atoms with Crippen LogP contribution in [0.2, 0.25) is 0 Å². The molecule has 0 aromatic rings. The van der Waals surface area contributed by atoms with Gasteiger partial charge in [0.15, 0.2) is 0 Å². The van der Waals surface area contributed by atoms with E-state index in [1.54, 1.807) is 0 Å². The number of hydrogen-bond acceptors (Lipinski definition) is 1. The zero-order valence-corrected chi connectivity index (χ0v) is 6.99. The summed E-state index contributed by atoms with van der Waals surface area (Å²) in [5.74, 6) is 0. The molecule has 0 aliphatic heterocycles. The fourth-order valence-corrected chi connectivity index (χ4v) is 0.177. The molecule has 0 fully saturated rings. The van der Waals surface area contributed by atoms with Crippen molar-refractivity contribution in [2.75, 3.05) is 0 Å². The molecule has 0 aromatic heterocycles. The number of hydrogen-bond donors (Lipinski definition) is 0. The lowest BCUT2D eigenvalue weighted by molar-refractivity contribution is 0.00806. The highest BCUT2D eigenvalue weighted by molar-refractivity contribution is 5.98. The van der Waals surface area contributed by atoms with Gasteiger partial charge >= 0.3 is 0 Å². The topological polar surface area (TPSA) is 9.23 Å². The van der Waals surface area contributed by atoms with E-state index in [-0.39, 0.29) is 11.0 Å². The lowest BCUT2D eigenvalue weighted by Crippen LogP contribution is -2.38. The van der Waals surface area contributed by atoms with Crippen LogP contribution in [0.4, 0.5) is 0 Å². The van der Waals surface area contributed by atoms with E-state index in [9.17, 15) is 0 Å². The van der Waals surface area contributed by atoms with Gasteiger partial charge in [-0.25, -0.2) is 0 Å². The second-order valence-electron chi connectivity index (χ2n) is 3.88. The van der Waals surface area contributed by atoms with Crippen molar-refractivity contribution >= 4 is 8.05 Å². The molecular weight excluding hydrogens is 111 g/mol. The van der Waals surface area contributed by atoms with Gasteiger partial charge in [0.2, 0.25) is 0 Å². The third kappa shape index (κ3) is 2.01. The zero-order chi connectivity index (χ0) is 7.71. The molecule has 0 saturated heterocycles. The second-order valence-corrected chi connectivity index (χ2v) is 3.88. The normalized spacial score (nSPS) is 13.9. The maximum absolute atomic E-state index is 5.09. The average molecular weight is 126 g/mol. The third-order valence-electron chi connectivity index (χ3n) is 2.10. The van der Waals surface area contributed by atoms with Crippen LogP contribution in [0, 0.1) is 5.41 Å². The molecule has 0 heterocycles. The van der Waals surface area contributed by atoms with E-state index in [2.05, 4.69) is 20.8 Å². The molecule has 0 aliphatic carbocycles. The van der Waals surface area contributed by atoms with Crippen LogP contribution in [0.15, 0.2) is 0 Å². The largest absolute Gasteiger partial charge is 0.442 e. The van der Waals surface area contributed by atoms with Crippen LogP contribution in [0.3, 0.4) is 0 Å². The zero-order valence-electron chi connectivity index (χ0n) is 6.99. The summed E-state index contributed by atoms with van der Waals surface area (Å²) in [4.78, 5) is 0. The Bertz CT molecular complexity index is 91.6. The van der Waals surface area contributed by atoms with Crippen molar-refractivity contribution in [1.29, 1.82) is 0 Å². The predicted molar refractivity (Wildman–Crippen MR) is 40.4 cm³/mol. The van der Waals surface area contributed by atoms with E-state index >= 15 is 0 Å². The van der Waals surface area contributed by atoms with Gasteiger partial charge in [-0.15, -0.1) is 0 Å². The molecule has 2 radical (unpaired) electrons. The second kappa shape index (κ2) is 2.33. The first-order chi connectivity index (χ1) is 3.81. The lowest BCUT2D eigenvalue weighted by Gasteiger charge is -2.38. The smallest absolute Gasteiger partial charge is 0.283 e. The Morgan fingerprint density at radius 1 is 1.00 bits per heavy atom. The van der Waals surface area contributed by atoms with Crippen molar-refractivity contribution in [2.24, 2.45) is 5.41 Å². The minimum atomic E-state index is -0.243. The Kier molecular flexibility index (Phi) is 2.34. The van der Waals surface area contributed by atoms with E-state index in [0.717, 1.165) is 0 Å². The fraction of sp³-hybridized carbons (Fsp3) is 1.00. The van der Waals surface area contributed by atoms with Crippen molar-refractivity contribution in [3.05, 3.63) is 0 Å². The molecule has 2 heteroatoms. The monoisotopic (exact) mass is 126 g/mol. The highest BCUT2D eigenvalue weighted by atomic mass is 16.4. The van der Waals surface area contributed by atoms with Crippen LogP contribution in [-0.2, 0) is 4.65 Å². The minimum Gasteiger partial charge on any atom is -0.442 e. The summed E-state index contributed by atoms with van der Waals surface area (Å²) in [7, 11) is 5.09. The van der Waals surface area contributed by atoms with Crippen LogP contribution in [0.1, 0.15) is 34.6 Å². The van der Waals surface area contributed by atoms with E-state index < -0.39 is 0 Å². The summed E-state index contributed by atoms with van der Waals surface area (Å²) in [6, 6.07) is 0. The molecule has 0 saturated carbocycles. The lowest BCUT2D eigenvalue weighted by atomic mass is 9.79. The highest BCUT2D eigenvalue weighted by Gasteiger charge is 2.31. The summed E-state index contributed by atoms with van der Waals surface area (Å²) >= 11 is 0. The quantitative estimate of drug-likeness (QED) is 0.487. The summed E-state index contributed by atoms with van der Waals surface area (Å²) in [6.45, 7) is 10.2. The molecule has 0 bridgehead atoms. The molecule has 0 amide bonds. The Morgan fingerprint density at radius 2 is 1.33 bits per heavy atom. The molecule has 9 heavy (non-hydrogen) atoms. The molecule has 0 spiro atoms. The molecule has 52 valence electrons. The van der Waals surface area contributed by atoms with Crippen molar-refractivity contribution in [1.82, 2.24) is 0 Å². The fourth-order valence-electron chi connectivity index (χ4n) is 0.177. The first-order valence-corrected chi connectivity index (χ1v) is 3.19. The molecular formula is C7H15BO. The van der Waals surface area contributed by atoms with Gasteiger partial charge in [-0.1, -0.05) is 20.8 Å². The summed E-state index contributed by atoms with van der Waals surface area (Å²) in [6.07, 6.45) is 0. The molecule has 0 aliphatic rings. The van der Waals surface area contributed by atoms with Crippen LogP contribution >= 0.6 is 0 Å². The summed E-state index contributed by atoms with van der Waals surface area (Å²) in [5, 5.41) is 0. The van der Waals surface area contributed by atoms with E-state index in [1.807, 2.05) is 13.8 Å². The Labute approximate surface area is 59.2 Å². The Hall–Kier alpha value is 0.0249. The summed E-state index contributed by atoms with van der Waals surface area (Å²) < 4.78 is 4.80. The minimum absolute atomic E-state index is 0.0990. The third-order valence-corrected chi connectivity index (χ3v) is 2.10. The van der Waals surface area contributed by atoms with Gasteiger partial charge < -0.3 is 4.65 Å². The molecule has 0 aromatic carbocycles. The van der Waals surface area contributed by atoms with Gasteiger partial charge in [0, 0.05) is 5.60 Å². The maximum atomic E-state index is 5.09. The van der Waals surface area contributed by atoms with E-state index in [1.165, 1.54) is 0 Å². The van der Waals surface area contributed by atoms with Crippen molar-refractivity contribution in [3.63, 3.8) is 0 Å². The first-order valence-electron chi connectivity index (χ1n) is 3.19. The maximum Gasteiger partial charge on any atom is 0.283 e. The van der Waals surface area contributed by atoms with Gasteiger partial charge in [0.1, 0.15) is 0 Å². The van der Waals surface area contributed by atoms with Crippen molar-refractivity contribution < 1.29 is 4.65 Å². The van der Waals surface area contributed by atoms with Crippen LogP contribution < -0.4 is 0 Å². The average Bonchev–Trinajstić information content (AvgIpc) is 1.64. The molecule has 0 atom stereocenters. The standard InChI is InChI=1S/C7H15BO/c1-6(2,3)7(4,5)9-8/h1-5H3. The Morgan fingerprint density at radius 3 is 1.33 bits per heavy atom. The molecule has 0 rings (SSSR count). The van der Waals surface area contributed by atoms with Crippen LogP contribution in [-0.4, -0.2) is 13.7 Å².